The summed E-state index contributed by atoms with van der Waals surface area (Å²) >= 11 is 10.5. The first-order valence-corrected chi connectivity index (χ1v) is 4.49. The summed E-state index contributed by atoms with van der Waals surface area (Å²) in [7, 11) is 0. The van der Waals surface area contributed by atoms with Gasteiger partial charge in [0.25, 0.3) is 0 Å². The second kappa shape index (κ2) is 4.40. The third-order valence-electron chi connectivity index (χ3n) is 1.68. The molecule has 78 valence electrons. The predicted octanol–water partition coefficient (Wildman–Crippen LogP) is 2.68. The molecule has 0 aromatic heterocycles. The van der Waals surface area contributed by atoms with Crippen molar-refractivity contribution in [2.45, 2.75) is 11.4 Å². The molecule has 0 aliphatic rings. The van der Waals surface area contributed by atoms with Gasteiger partial charge in [-0.15, -0.1) is 0 Å². The molecule has 6 heteroatoms. The Morgan fingerprint density at radius 2 is 2.07 bits per heavy atom. The molecule has 0 amide bonds. The Morgan fingerprint density at radius 1 is 1.43 bits per heavy atom. The molecule has 0 aliphatic carbocycles. The number of nitrogens with two attached hydrogens (primary N) is 1. The number of rotatable bonds is 3. The number of hydrazine groups is 1. The van der Waals surface area contributed by atoms with Gasteiger partial charge in [0.1, 0.15) is 6.04 Å². The molecule has 0 saturated carbocycles. The summed E-state index contributed by atoms with van der Waals surface area (Å²) in [6.07, 6.45) is 0. The van der Waals surface area contributed by atoms with Crippen LogP contribution in [0.5, 0.6) is 0 Å². The number of hydrogen-bond acceptors (Lipinski definition) is 2. The molecule has 0 radical (unpaired) electrons. The zero-order valence-corrected chi connectivity index (χ0v) is 8.49. The SMILES string of the molecule is NNC(c1cccc(Cl)c1)C(F)(F)Cl. The summed E-state index contributed by atoms with van der Waals surface area (Å²) in [6, 6.07) is 4.51. The van der Waals surface area contributed by atoms with E-state index in [2.05, 4.69) is 0 Å². The van der Waals surface area contributed by atoms with Gasteiger partial charge in [0, 0.05) is 5.02 Å². The summed E-state index contributed by atoms with van der Waals surface area (Å²) in [4.78, 5) is 0. The van der Waals surface area contributed by atoms with Crippen LogP contribution in [0.15, 0.2) is 24.3 Å². The first-order valence-electron chi connectivity index (χ1n) is 3.73. The molecule has 1 aromatic carbocycles. The number of alkyl halides is 3. The van der Waals surface area contributed by atoms with Crippen molar-refractivity contribution in [3.05, 3.63) is 34.9 Å². The van der Waals surface area contributed by atoms with Crippen LogP contribution in [0.3, 0.4) is 0 Å². The quantitative estimate of drug-likeness (QED) is 0.485. The van der Waals surface area contributed by atoms with E-state index in [0.717, 1.165) is 0 Å². The van der Waals surface area contributed by atoms with Crippen molar-refractivity contribution in [2.24, 2.45) is 5.84 Å². The van der Waals surface area contributed by atoms with Gasteiger partial charge in [-0.2, -0.15) is 8.78 Å². The second-order valence-electron chi connectivity index (χ2n) is 2.70. The fourth-order valence-electron chi connectivity index (χ4n) is 1.07. The van der Waals surface area contributed by atoms with Gasteiger partial charge in [0.2, 0.25) is 0 Å². The minimum absolute atomic E-state index is 0.236. The van der Waals surface area contributed by atoms with Crippen LogP contribution in [0.2, 0.25) is 5.02 Å². The normalized spacial score (nSPS) is 14.1. The largest absolute Gasteiger partial charge is 0.342 e. The van der Waals surface area contributed by atoms with Gasteiger partial charge in [0.15, 0.2) is 0 Å². The fourth-order valence-corrected chi connectivity index (χ4v) is 1.45. The maximum Gasteiger partial charge on any atom is 0.342 e. The predicted molar refractivity (Wildman–Crippen MR) is 52.3 cm³/mol. The number of benzene rings is 1. The minimum atomic E-state index is -3.46. The highest BCUT2D eigenvalue weighted by molar-refractivity contribution is 6.30. The van der Waals surface area contributed by atoms with E-state index in [0.29, 0.717) is 5.02 Å². The van der Waals surface area contributed by atoms with Crippen molar-refractivity contribution in [1.82, 2.24) is 5.43 Å². The summed E-state index contributed by atoms with van der Waals surface area (Å²) in [5.74, 6) is 4.98. The molecule has 1 rings (SSSR count). The van der Waals surface area contributed by atoms with Crippen LogP contribution in [-0.4, -0.2) is 5.38 Å². The lowest BCUT2D eigenvalue weighted by Gasteiger charge is -2.20. The average Bonchev–Trinajstić information content (AvgIpc) is 2.02. The molecular formula is C8H8Cl2F2N2. The van der Waals surface area contributed by atoms with E-state index < -0.39 is 11.4 Å². The van der Waals surface area contributed by atoms with Gasteiger partial charge >= 0.3 is 5.38 Å². The molecule has 0 saturated heterocycles. The van der Waals surface area contributed by atoms with Crippen LogP contribution in [0.1, 0.15) is 11.6 Å². The Hall–Kier alpha value is -0.420. The van der Waals surface area contributed by atoms with Crippen molar-refractivity contribution >= 4 is 23.2 Å². The van der Waals surface area contributed by atoms with Crippen molar-refractivity contribution in [3.63, 3.8) is 0 Å². The van der Waals surface area contributed by atoms with Crippen molar-refractivity contribution in [1.29, 1.82) is 0 Å². The molecule has 1 atom stereocenters. The smallest absolute Gasteiger partial charge is 0.271 e. The van der Waals surface area contributed by atoms with E-state index in [1.54, 1.807) is 12.1 Å². The van der Waals surface area contributed by atoms with Crippen LogP contribution in [0, 0.1) is 0 Å². The van der Waals surface area contributed by atoms with Crippen LogP contribution in [0.25, 0.3) is 0 Å². The number of nitrogens with one attached hydrogen (secondary N) is 1. The van der Waals surface area contributed by atoms with E-state index in [1.165, 1.54) is 12.1 Å². The molecule has 2 nitrogen and oxygen atoms in total. The lowest BCUT2D eigenvalue weighted by atomic mass is 10.1. The van der Waals surface area contributed by atoms with Gasteiger partial charge in [-0.25, -0.2) is 5.43 Å². The van der Waals surface area contributed by atoms with Gasteiger partial charge in [-0.1, -0.05) is 23.7 Å². The number of hydrogen-bond donors (Lipinski definition) is 2. The highest BCUT2D eigenvalue weighted by Crippen LogP contribution is 2.34. The average molecular weight is 241 g/mol. The molecule has 14 heavy (non-hydrogen) atoms. The van der Waals surface area contributed by atoms with Crippen molar-refractivity contribution < 1.29 is 8.78 Å². The highest BCUT2D eigenvalue weighted by atomic mass is 35.5. The second-order valence-corrected chi connectivity index (χ2v) is 3.64. The lowest BCUT2D eigenvalue weighted by molar-refractivity contribution is 0.0498. The van der Waals surface area contributed by atoms with Crippen LogP contribution < -0.4 is 11.3 Å². The lowest BCUT2D eigenvalue weighted by Crippen LogP contribution is -2.37. The van der Waals surface area contributed by atoms with Gasteiger partial charge < -0.3 is 0 Å². The van der Waals surface area contributed by atoms with Crippen molar-refractivity contribution in [2.75, 3.05) is 0 Å². The Kier molecular flexibility index (Phi) is 3.66. The van der Waals surface area contributed by atoms with E-state index in [1.807, 2.05) is 5.43 Å². The van der Waals surface area contributed by atoms with E-state index in [9.17, 15) is 8.78 Å². The first-order chi connectivity index (χ1) is 6.45. The molecule has 1 aromatic rings. The molecule has 0 bridgehead atoms. The summed E-state index contributed by atoms with van der Waals surface area (Å²) < 4.78 is 25.6. The maximum absolute atomic E-state index is 12.8. The topological polar surface area (TPSA) is 38.0 Å². The molecule has 0 aliphatic heterocycles. The highest BCUT2D eigenvalue weighted by Gasteiger charge is 2.37. The molecule has 1 unspecified atom stereocenters. The summed E-state index contributed by atoms with van der Waals surface area (Å²) in [5.41, 5.74) is 2.18. The monoisotopic (exact) mass is 240 g/mol. The van der Waals surface area contributed by atoms with Crippen LogP contribution in [0.4, 0.5) is 8.78 Å². The minimum Gasteiger partial charge on any atom is -0.271 e. The third-order valence-corrected chi connectivity index (χ3v) is 2.13. The zero-order valence-electron chi connectivity index (χ0n) is 6.98. The zero-order chi connectivity index (χ0) is 10.8. The maximum atomic E-state index is 12.8. The van der Waals surface area contributed by atoms with Gasteiger partial charge in [-0.3, -0.25) is 5.84 Å². The molecule has 0 spiro atoms. The van der Waals surface area contributed by atoms with Gasteiger partial charge in [0.05, 0.1) is 0 Å². The molecule has 0 fully saturated rings. The van der Waals surface area contributed by atoms with Crippen LogP contribution in [-0.2, 0) is 0 Å². The standard InChI is InChI=1S/C8H8Cl2F2N2/c9-6-3-1-2-5(4-6)7(14-13)8(10,11)12/h1-4,7,14H,13H2. The molecule has 0 heterocycles. The Balaban J connectivity index is 3.01. The molecular weight excluding hydrogens is 233 g/mol. The van der Waals surface area contributed by atoms with Crippen LogP contribution >= 0.6 is 23.2 Å². The Bertz CT molecular complexity index is 314. The Morgan fingerprint density at radius 3 is 2.50 bits per heavy atom. The van der Waals surface area contributed by atoms with Gasteiger partial charge in [-0.05, 0) is 29.3 Å². The number of halogens is 4. The van der Waals surface area contributed by atoms with E-state index in [4.69, 9.17) is 29.0 Å². The summed E-state index contributed by atoms with van der Waals surface area (Å²) in [6.45, 7) is 0. The third kappa shape index (κ3) is 2.78. The summed E-state index contributed by atoms with van der Waals surface area (Å²) in [5, 5.41) is -3.11. The van der Waals surface area contributed by atoms with E-state index >= 15 is 0 Å². The van der Waals surface area contributed by atoms with Crippen molar-refractivity contribution in [3.8, 4) is 0 Å². The fraction of sp³-hybridized carbons (Fsp3) is 0.250. The Labute approximate surface area is 90.0 Å². The first kappa shape index (κ1) is 11.7. The molecule has 3 N–H and O–H groups in total. The van der Waals surface area contributed by atoms with E-state index in [-0.39, 0.29) is 5.56 Å².